The Morgan fingerprint density at radius 1 is 1.03 bits per heavy atom. The van der Waals surface area contributed by atoms with Crippen LogP contribution < -0.4 is 5.62 Å². The Morgan fingerprint density at radius 3 is 1.97 bits per heavy atom. The van der Waals surface area contributed by atoms with Crippen molar-refractivity contribution in [2.24, 2.45) is 5.92 Å². The predicted octanol–water partition coefficient (Wildman–Crippen LogP) is 6.09. The number of nitrogens with zero attached hydrogens (tertiary/aromatic N) is 2. The van der Waals surface area contributed by atoms with Crippen LogP contribution in [0.3, 0.4) is 0 Å². The molecule has 0 saturated heterocycles. The Balaban J connectivity index is 2.39. The largest absolute Gasteiger partial charge is 0.507 e. The van der Waals surface area contributed by atoms with Crippen LogP contribution in [0.5, 0.6) is 5.75 Å². The number of nitrogens with one attached hydrogen (secondary N) is 1. The maximum atomic E-state index is 13.3. The number of phenols is 1. The molecule has 0 aliphatic heterocycles. The molecule has 0 bridgehead atoms. The number of benzene rings is 1. The Bertz CT molecular complexity index is 974. The lowest BCUT2D eigenvalue weighted by Gasteiger charge is -2.28. The lowest BCUT2D eigenvalue weighted by molar-refractivity contribution is 0.0969. The Labute approximate surface area is 194 Å². The molecule has 0 aliphatic rings. The second-order valence-electron chi connectivity index (χ2n) is 11.2. The minimum absolute atomic E-state index is 0.0448. The van der Waals surface area contributed by atoms with Crippen LogP contribution in [0.2, 0.25) is 0 Å². The number of aromatic hydroxyl groups is 1. The highest BCUT2D eigenvalue weighted by Crippen LogP contribution is 2.39. The van der Waals surface area contributed by atoms with Gasteiger partial charge in [-0.2, -0.15) is 0 Å². The normalized spacial score (nSPS) is 12.6. The number of carbonyl (C=O) groups is 1. The monoisotopic (exact) mass is 441 g/mol. The molecule has 2 N–H and O–H groups in total. The van der Waals surface area contributed by atoms with Crippen molar-refractivity contribution in [1.29, 1.82) is 5.41 Å². The number of phenolic OH excluding ortho intramolecular Hbond substituents is 1. The predicted molar refractivity (Wildman–Crippen MR) is 132 cm³/mol. The standard InChI is InChI=1S/C27H43N3O2/c1-10-19(11-2)12-13-30-18(3)16-29(25(30)28)17-23(31)20-14-21(26(4,5)6)24(32)22(15-20)27(7,8)9/h14-16,19,28,32H,10-13,17H2,1-9H3. The number of aromatic nitrogens is 2. The first kappa shape index (κ1) is 26.0. The zero-order valence-corrected chi connectivity index (χ0v) is 21.6. The molecule has 0 atom stereocenters. The molecule has 32 heavy (non-hydrogen) atoms. The molecule has 0 amide bonds. The first-order chi connectivity index (χ1) is 14.7. The van der Waals surface area contributed by atoms with Crippen molar-refractivity contribution < 1.29 is 9.90 Å². The summed E-state index contributed by atoms with van der Waals surface area (Å²) in [5.41, 5.74) is 2.95. The maximum Gasteiger partial charge on any atom is 0.202 e. The average Bonchev–Trinajstić information content (AvgIpc) is 2.94. The third-order valence-corrected chi connectivity index (χ3v) is 6.57. The van der Waals surface area contributed by atoms with Gasteiger partial charge in [0.1, 0.15) is 5.75 Å². The van der Waals surface area contributed by atoms with E-state index in [0.29, 0.717) is 17.1 Å². The summed E-state index contributed by atoms with van der Waals surface area (Å²) in [5.74, 6) is 0.894. The highest BCUT2D eigenvalue weighted by Gasteiger charge is 2.28. The zero-order chi connectivity index (χ0) is 24.4. The summed E-state index contributed by atoms with van der Waals surface area (Å²) in [7, 11) is 0. The van der Waals surface area contributed by atoms with E-state index in [2.05, 4.69) is 13.8 Å². The van der Waals surface area contributed by atoms with Crippen LogP contribution in [0.1, 0.15) is 102 Å². The Morgan fingerprint density at radius 2 is 1.53 bits per heavy atom. The molecule has 0 unspecified atom stereocenters. The molecule has 1 aromatic heterocycles. The summed E-state index contributed by atoms with van der Waals surface area (Å²) >= 11 is 0. The van der Waals surface area contributed by atoms with Gasteiger partial charge in [0, 0.05) is 35.1 Å². The molecule has 178 valence electrons. The minimum Gasteiger partial charge on any atom is -0.507 e. The highest BCUT2D eigenvalue weighted by atomic mass is 16.3. The van der Waals surface area contributed by atoms with Crippen molar-refractivity contribution in [2.45, 2.75) is 105 Å². The van der Waals surface area contributed by atoms with Gasteiger partial charge in [0.2, 0.25) is 5.62 Å². The number of rotatable bonds is 8. The van der Waals surface area contributed by atoms with Gasteiger partial charge in [-0.25, -0.2) is 0 Å². The van der Waals surface area contributed by atoms with Crippen molar-refractivity contribution in [2.75, 3.05) is 0 Å². The van der Waals surface area contributed by atoms with Crippen LogP contribution in [0, 0.1) is 18.3 Å². The number of hydrogen-bond donors (Lipinski definition) is 2. The number of aryl methyl sites for hydroxylation is 1. The van der Waals surface area contributed by atoms with E-state index < -0.39 is 0 Å². The van der Waals surface area contributed by atoms with Gasteiger partial charge in [-0.1, -0.05) is 68.2 Å². The Kier molecular flexibility index (Phi) is 7.85. The number of hydrogen-bond acceptors (Lipinski definition) is 3. The number of Topliss-reactive ketones (excluding diaryl/α,β-unsaturated/α-hetero) is 1. The lowest BCUT2D eigenvalue weighted by Crippen LogP contribution is -2.28. The molecule has 0 spiro atoms. The molecule has 0 saturated carbocycles. The molecule has 1 heterocycles. The molecule has 1 aromatic carbocycles. The van der Waals surface area contributed by atoms with E-state index in [-0.39, 0.29) is 28.9 Å². The second-order valence-corrected chi connectivity index (χ2v) is 11.2. The van der Waals surface area contributed by atoms with Gasteiger partial charge in [-0.15, -0.1) is 0 Å². The first-order valence-corrected chi connectivity index (χ1v) is 11.9. The van der Waals surface area contributed by atoms with Crippen molar-refractivity contribution in [3.8, 4) is 5.75 Å². The maximum absolute atomic E-state index is 13.3. The molecular weight excluding hydrogens is 398 g/mol. The number of ketones is 1. The van der Waals surface area contributed by atoms with Crippen molar-refractivity contribution in [3.05, 3.63) is 46.3 Å². The molecule has 2 rings (SSSR count). The third-order valence-electron chi connectivity index (χ3n) is 6.57. The molecule has 5 heteroatoms. The van der Waals surface area contributed by atoms with Gasteiger partial charge in [0.15, 0.2) is 5.78 Å². The van der Waals surface area contributed by atoms with Gasteiger partial charge < -0.3 is 14.2 Å². The smallest absolute Gasteiger partial charge is 0.202 e. The summed E-state index contributed by atoms with van der Waals surface area (Å²) in [6, 6.07) is 3.65. The third kappa shape index (κ3) is 5.73. The fraction of sp³-hybridized carbons (Fsp3) is 0.630. The van der Waals surface area contributed by atoms with E-state index >= 15 is 0 Å². The van der Waals surface area contributed by atoms with E-state index in [9.17, 15) is 9.90 Å². The van der Waals surface area contributed by atoms with Gasteiger partial charge >= 0.3 is 0 Å². The molecule has 0 aliphatic carbocycles. The van der Waals surface area contributed by atoms with E-state index in [1.807, 2.05) is 71.4 Å². The summed E-state index contributed by atoms with van der Waals surface area (Å²) in [6.07, 6.45) is 5.25. The topological polar surface area (TPSA) is 71.0 Å². The fourth-order valence-corrected chi connectivity index (χ4v) is 4.27. The molecule has 0 radical (unpaired) electrons. The van der Waals surface area contributed by atoms with Crippen LogP contribution in [-0.2, 0) is 23.9 Å². The van der Waals surface area contributed by atoms with E-state index in [0.717, 1.165) is 42.6 Å². The van der Waals surface area contributed by atoms with E-state index in [4.69, 9.17) is 5.41 Å². The lowest BCUT2D eigenvalue weighted by atomic mass is 9.78. The van der Waals surface area contributed by atoms with E-state index in [1.165, 1.54) is 0 Å². The average molecular weight is 442 g/mol. The second kappa shape index (κ2) is 9.68. The summed E-state index contributed by atoms with van der Waals surface area (Å²) < 4.78 is 3.74. The van der Waals surface area contributed by atoms with Crippen LogP contribution in [0.15, 0.2) is 18.3 Å². The fourth-order valence-electron chi connectivity index (χ4n) is 4.27. The van der Waals surface area contributed by atoms with Gasteiger partial charge in [-0.3, -0.25) is 10.2 Å². The Hall–Kier alpha value is -2.30. The molecule has 5 nitrogen and oxygen atoms in total. The van der Waals surface area contributed by atoms with Gasteiger partial charge in [0.25, 0.3) is 0 Å². The van der Waals surface area contributed by atoms with Crippen LogP contribution in [-0.4, -0.2) is 20.0 Å². The number of imidazole rings is 1. The highest BCUT2D eigenvalue weighted by molar-refractivity contribution is 5.96. The summed E-state index contributed by atoms with van der Waals surface area (Å²) in [4.78, 5) is 13.3. The summed E-state index contributed by atoms with van der Waals surface area (Å²) in [6.45, 7) is 19.6. The quantitative estimate of drug-likeness (QED) is 0.487. The number of carbonyl (C=O) groups excluding carboxylic acids is 1. The SMILES string of the molecule is CCC(CC)CCn1c(C)cn(CC(=O)c2cc(C(C)(C)C)c(O)c(C(C)(C)C)c2)c1=N. The van der Waals surface area contributed by atoms with Crippen molar-refractivity contribution in [3.63, 3.8) is 0 Å². The van der Waals surface area contributed by atoms with Crippen LogP contribution in [0.25, 0.3) is 0 Å². The molecule has 0 fully saturated rings. The molecular formula is C27H43N3O2. The van der Waals surface area contributed by atoms with Crippen molar-refractivity contribution >= 4 is 5.78 Å². The van der Waals surface area contributed by atoms with Gasteiger partial charge in [0.05, 0.1) is 6.54 Å². The van der Waals surface area contributed by atoms with Gasteiger partial charge in [-0.05, 0) is 42.2 Å². The van der Waals surface area contributed by atoms with Crippen LogP contribution in [0.4, 0.5) is 0 Å². The first-order valence-electron chi connectivity index (χ1n) is 11.9. The van der Waals surface area contributed by atoms with Crippen LogP contribution >= 0.6 is 0 Å². The van der Waals surface area contributed by atoms with Crippen molar-refractivity contribution in [1.82, 2.24) is 9.13 Å². The minimum atomic E-state index is -0.289. The molecule has 2 aromatic rings. The van der Waals surface area contributed by atoms with E-state index in [1.54, 1.807) is 4.57 Å². The zero-order valence-electron chi connectivity index (χ0n) is 21.6. The summed E-state index contributed by atoms with van der Waals surface area (Å²) in [5, 5.41) is 19.6.